The number of pyridine rings is 1. The van der Waals surface area contributed by atoms with E-state index in [0.29, 0.717) is 0 Å². The number of nitrogens with one attached hydrogen (secondary N) is 3. The number of carbonyl (C=O) groups excluding carboxylic acids is 1. The Kier molecular flexibility index (Phi) is 3.13. The van der Waals surface area contributed by atoms with Gasteiger partial charge in [-0.2, -0.15) is 18.4 Å². The Morgan fingerprint density at radius 3 is 2.65 bits per heavy atom. The van der Waals surface area contributed by atoms with Crippen LogP contribution in [0.15, 0.2) is 35.7 Å². The van der Waals surface area contributed by atoms with Crippen molar-refractivity contribution in [2.45, 2.75) is 18.6 Å². The summed E-state index contributed by atoms with van der Waals surface area (Å²) in [6, 6.07) is 5.87. The molecule has 1 amide bonds. The Morgan fingerprint density at radius 2 is 2.15 bits per heavy atom. The van der Waals surface area contributed by atoms with Crippen molar-refractivity contribution in [3.63, 3.8) is 0 Å². The Labute approximate surface area is 112 Å². The first-order chi connectivity index (χ1) is 9.33. The number of nitrogens with zero attached hydrogens (tertiary/aromatic N) is 1. The molecule has 0 unspecified atom stereocenters. The van der Waals surface area contributed by atoms with Gasteiger partial charge in [-0.05, 0) is 13.0 Å². The van der Waals surface area contributed by atoms with Crippen molar-refractivity contribution in [2.24, 2.45) is 0 Å². The van der Waals surface area contributed by atoms with Crippen LogP contribution in [0.25, 0.3) is 0 Å². The number of allylic oxidation sites excluding steroid dienone is 1. The topological polar surface area (TPSA) is 79.1 Å². The van der Waals surface area contributed by atoms with Crippen LogP contribution in [0.3, 0.4) is 0 Å². The molecule has 1 atom stereocenters. The summed E-state index contributed by atoms with van der Waals surface area (Å²) in [5.74, 6) is -1.35. The van der Waals surface area contributed by atoms with Gasteiger partial charge in [0.25, 0.3) is 11.7 Å². The zero-order valence-corrected chi connectivity index (χ0v) is 10.3. The third-order valence-corrected chi connectivity index (χ3v) is 2.96. The minimum atomic E-state index is -4.97. The molecular formula is C12H10F3N4O+. The van der Waals surface area contributed by atoms with Crippen molar-refractivity contribution in [1.29, 1.82) is 5.26 Å². The van der Waals surface area contributed by atoms with Gasteiger partial charge in [-0.15, -0.1) is 0 Å². The predicted molar refractivity (Wildman–Crippen MR) is 61.9 cm³/mol. The lowest BCUT2D eigenvalue weighted by atomic mass is 9.90. The maximum absolute atomic E-state index is 13.4. The third-order valence-electron chi connectivity index (χ3n) is 2.96. The summed E-state index contributed by atoms with van der Waals surface area (Å²) < 4.78 is 40.3. The normalized spacial score (nSPS) is 22.4. The molecule has 0 fully saturated rings. The van der Waals surface area contributed by atoms with Gasteiger partial charge in [0.2, 0.25) is 0 Å². The van der Waals surface area contributed by atoms with E-state index in [1.54, 1.807) is 6.07 Å². The molecule has 104 valence electrons. The van der Waals surface area contributed by atoms with Crippen LogP contribution >= 0.6 is 0 Å². The lowest BCUT2D eigenvalue weighted by Gasteiger charge is -2.26. The number of hydrogen-bond donors (Lipinski definition) is 2. The maximum atomic E-state index is 13.4. The van der Waals surface area contributed by atoms with Gasteiger partial charge in [0.15, 0.2) is 0 Å². The molecule has 0 radical (unpaired) electrons. The molecule has 0 spiro atoms. The Hall–Kier alpha value is -2.56. The number of carbonyl (C=O) groups is 1. The van der Waals surface area contributed by atoms with Gasteiger partial charge in [0.1, 0.15) is 11.6 Å². The minimum absolute atomic E-state index is 0.0255. The number of aromatic nitrogens is 1. The van der Waals surface area contributed by atoms with Crippen molar-refractivity contribution in [1.82, 2.24) is 5.32 Å². The van der Waals surface area contributed by atoms with Crippen LogP contribution in [-0.4, -0.2) is 17.6 Å². The number of alkyl halides is 3. The largest absolute Gasteiger partial charge is 0.446 e. The zero-order valence-electron chi connectivity index (χ0n) is 10.3. The van der Waals surface area contributed by atoms with Crippen molar-refractivity contribution in [2.75, 3.05) is 5.32 Å². The van der Waals surface area contributed by atoms with Crippen LogP contribution in [0, 0.1) is 11.3 Å². The summed E-state index contributed by atoms with van der Waals surface area (Å²) in [4.78, 5) is 14.4. The SMILES string of the molecule is CC1=C(C#N)[C@](Nc2cccc[nH+]2)(C(F)(F)F)C(=O)N1. The molecule has 2 heterocycles. The van der Waals surface area contributed by atoms with Gasteiger partial charge in [0.05, 0.1) is 6.20 Å². The molecule has 0 bridgehead atoms. The van der Waals surface area contributed by atoms with Gasteiger partial charge in [0, 0.05) is 11.8 Å². The number of H-pyrrole nitrogens is 1. The van der Waals surface area contributed by atoms with Gasteiger partial charge < -0.3 is 5.32 Å². The average Bonchev–Trinajstić information content (AvgIpc) is 2.61. The lowest BCUT2D eigenvalue weighted by molar-refractivity contribution is -0.362. The van der Waals surface area contributed by atoms with Crippen LogP contribution in [0.1, 0.15) is 6.92 Å². The molecule has 3 N–H and O–H groups in total. The summed E-state index contributed by atoms with van der Waals surface area (Å²) in [6.45, 7) is 1.25. The molecule has 20 heavy (non-hydrogen) atoms. The van der Waals surface area contributed by atoms with E-state index in [2.05, 4.69) is 15.6 Å². The van der Waals surface area contributed by atoms with Crippen LogP contribution < -0.4 is 15.6 Å². The average molecular weight is 283 g/mol. The number of amides is 1. The van der Waals surface area contributed by atoms with Crippen molar-refractivity contribution < 1.29 is 22.9 Å². The van der Waals surface area contributed by atoms with E-state index in [4.69, 9.17) is 5.26 Å². The monoisotopic (exact) mass is 283 g/mol. The fourth-order valence-corrected chi connectivity index (χ4v) is 2.02. The second kappa shape index (κ2) is 4.52. The van der Waals surface area contributed by atoms with Gasteiger partial charge in [-0.1, -0.05) is 6.07 Å². The van der Waals surface area contributed by atoms with Crippen LogP contribution in [0.2, 0.25) is 0 Å². The van der Waals surface area contributed by atoms with Crippen molar-refractivity contribution >= 4 is 11.7 Å². The molecule has 1 aromatic rings. The molecule has 2 rings (SSSR count). The molecule has 1 aliphatic rings. The standard InChI is InChI=1S/C12H9F3N4O/c1-7-8(6-16)11(10(20)18-7,12(13,14)15)19-9-4-2-3-5-17-9/h2-5H,1H3,(H,17,19)(H,18,20)/p+1/t11-/m1/s1. The highest BCUT2D eigenvalue weighted by atomic mass is 19.4. The summed E-state index contributed by atoms with van der Waals surface area (Å²) in [6.07, 6.45) is -3.56. The highest BCUT2D eigenvalue weighted by Crippen LogP contribution is 2.42. The smallest absolute Gasteiger partial charge is 0.324 e. The van der Waals surface area contributed by atoms with E-state index in [1.165, 1.54) is 31.3 Å². The number of anilines is 1. The van der Waals surface area contributed by atoms with Gasteiger partial charge in [-0.3, -0.25) is 4.79 Å². The van der Waals surface area contributed by atoms with Crippen LogP contribution in [0.5, 0.6) is 0 Å². The number of rotatable bonds is 2. The van der Waals surface area contributed by atoms with Crippen LogP contribution in [-0.2, 0) is 4.79 Å². The van der Waals surface area contributed by atoms with Gasteiger partial charge in [-0.25, -0.2) is 10.3 Å². The Balaban J connectivity index is 2.59. The highest BCUT2D eigenvalue weighted by molar-refractivity contribution is 5.99. The maximum Gasteiger partial charge on any atom is 0.446 e. The first-order valence-corrected chi connectivity index (χ1v) is 5.57. The number of hydrogen-bond acceptors (Lipinski definition) is 3. The molecule has 0 saturated carbocycles. The molecular weight excluding hydrogens is 273 g/mol. The van der Waals surface area contributed by atoms with E-state index in [-0.39, 0.29) is 11.5 Å². The van der Waals surface area contributed by atoms with E-state index in [0.717, 1.165) is 0 Å². The minimum Gasteiger partial charge on any atom is -0.324 e. The predicted octanol–water partition coefficient (Wildman–Crippen LogP) is 1.14. The first-order valence-electron chi connectivity index (χ1n) is 5.57. The lowest BCUT2D eigenvalue weighted by Crippen LogP contribution is -2.59. The second-order valence-electron chi connectivity index (χ2n) is 4.21. The van der Waals surface area contributed by atoms with Crippen LogP contribution in [0.4, 0.5) is 19.0 Å². The third kappa shape index (κ3) is 1.87. The molecule has 8 heteroatoms. The second-order valence-corrected chi connectivity index (χ2v) is 4.21. The number of nitriles is 1. The van der Waals surface area contributed by atoms with E-state index >= 15 is 0 Å². The van der Waals surface area contributed by atoms with E-state index in [9.17, 15) is 18.0 Å². The quantitative estimate of drug-likeness (QED) is 0.854. The number of halogens is 3. The summed E-state index contributed by atoms with van der Waals surface area (Å²) in [7, 11) is 0. The highest BCUT2D eigenvalue weighted by Gasteiger charge is 2.70. The summed E-state index contributed by atoms with van der Waals surface area (Å²) >= 11 is 0. The van der Waals surface area contributed by atoms with Crippen molar-refractivity contribution in [3.8, 4) is 6.07 Å². The van der Waals surface area contributed by atoms with E-state index in [1.807, 2.05) is 0 Å². The molecule has 0 saturated heterocycles. The fraction of sp³-hybridized carbons (Fsp3) is 0.250. The fourth-order valence-electron chi connectivity index (χ4n) is 2.02. The Morgan fingerprint density at radius 1 is 1.45 bits per heavy atom. The van der Waals surface area contributed by atoms with E-state index < -0.39 is 23.2 Å². The van der Waals surface area contributed by atoms with Crippen molar-refractivity contribution in [3.05, 3.63) is 35.7 Å². The molecule has 1 aliphatic heterocycles. The molecule has 0 aliphatic carbocycles. The summed E-state index contributed by atoms with van der Waals surface area (Å²) in [5.41, 5.74) is -3.88. The first kappa shape index (κ1) is 13.9. The molecule has 5 nitrogen and oxygen atoms in total. The molecule has 0 aromatic carbocycles. The molecule has 1 aromatic heterocycles. The Bertz CT molecular complexity index is 618. The zero-order chi connectivity index (χ0) is 15.0. The summed E-state index contributed by atoms with van der Waals surface area (Å²) in [5, 5.41) is 13.1. The van der Waals surface area contributed by atoms with Gasteiger partial charge >= 0.3 is 11.7 Å². The number of aromatic amines is 1.